The molecule has 1 heterocycles. The lowest BCUT2D eigenvalue weighted by Crippen LogP contribution is -2.34. The van der Waals surface area contributed by atoms with Gasteiger partial charge in [0, 0.05) is 13.5 Å². The van der Waals surface area contributed by atoms with Crippen LogP contribution in [0.3, 0.4) is 0 Å². The van der Waals surface area contributed by atoms with E-state index < -0.39 is 5.97 Å². The lowest BCUT2D eigenvalue weighted by Gasteiger charge is -2.25. The first-order valence-corrected chi connectivity index (χ1v) is 6.29. The number of hydrogen-bond acceptors (Lipinski definition) is 3. The summed E-state index contributed by atoms with van der Waals surface area (Å²) in [5, 5.41) is 0. The van der Waals surface area contributed by atoms with Gasteiger partial charge in [0.1, 0.15) is 5.70 Å². The molecule has 0 spiro atoms. The molecule has 0 saturated carbocycles. The van der Waals surface area contributed by atoms with Crippen molar-refractivity contribution in [1.29, 1.82) is 0 Å². The minimum absolute atomic E-state index is 0.143. The van der Waals surface area contributed by atoms with Gasteiger partial charge in [-0.05, 0) is 30.0 Å². The summed E-state index contributed by atoms with van der Waals surface area (Å²) < 4.78 is 4.78. The van der Waals surface area contributed by atoms with Crippen LogP contribution in [0.15, 0.2) is 30.0 Å². The van der Waals surface area contributed by atoms with Gasteiger partial charge in [-0.15, -0.1) is 0 Å². The molecule has 0 atom stereocenters. The van der Waals surface area contributed by atoms with Gasteiger partial charge >= 0.3 is 5.97 Å². The molecule has 1 amide bonds. The molecule has 100 valence electrons. The second-order valence-corrected chi connectivity index (χ2v) is 4.49. The summed E-state index contributed by atoms with van der Waals surface area (Å²) in [4.78, 5) is 25.0. The van der Waals surface area contributed by atoms with E-state index in [9.17, 15) is 9.59 Å². The monoisotopic (exact) mass is 259 g/mol. The van der Waals surface area contributed by atoms with Crippen molar-refractivity contribution in [3.8, 4) is 0 Å². The number of rotatable bonds is 1. The van der Waals surface area contributed by atoms with Gasteiger partial charge in [-0.25, -0.2) is 4.79 Å². The number of methoxy groups -OCH3 is 1. The molecule has 4 heteroatoms. The second-order valence-electron chi connectivity index (χ2n) is 4.49. The van der Waals surface area contributed by atoms with Crippen molar-refractivity contribution in [2.24, 2.45) is 0 Å². The van der Waals surface area contributed by atoms with E-state index in [1.807, 2.05) is 24.3 Å². The van der Waals surface area contributed by atoms with E-state index in [0.29, 0.717) is 12.2 Å². The summed E-state index contributed by atoms with van der Waals surface area (Å²) in [5.74, 6) is -0.622. The van der Waals surface area contributed by atoms with Crippen molar-refractivity contribution in [2.75, 3.05) is 13.7 Å². The second kappa shape index (κ2) is 5.69. The molecule has 0 aliphatic carbocycles. The van der Waals surface area contributed by atoms with Gasteiger partial charge in [-0.1, -0.05) is 24.3 Å². The minimum Gasteiger partial charge on any atom is -0.464 e. The zero-order valence-electron chi connectivity index (χ0n) is 11.2. The molecule has 0 radical (unpaired) electrons. The van der Waals surface area contributed by atoms with Gasteiger partial charge in [0.15, 0.2) is 0 Å². The van der Waals surface area contributed by atoms with Crippen molar-refractivity contribution in [3.63, 3.8) is 0 Å². The van der Waals surface area contributed by atoms with E-state index in [-0.39, 0.29) is 5.91 Å². The van der Waals surface area contributed by atoms with Crippen LogP contribution in [-0.4, -0.2) is 30.4 Å². The normalized spacial score (nSPS) is 17.6. The number of nitrogens with zero attached hydrogens (tertiary/aromatic N) is 1. The number of aryl methyl sites for hydroxylation is 1. The van der Waals surface area contributed by atoms with E-state index in [1.165, 1.54) is 24.5 Å². The zero-order chi connectivity index (χ0) is 13.8. The van der Waals surface area contributed by atoms with Gasteiger partial charge in [-0.3, -0.25) is 4.79 Å². The van der Waals surface area contributed by atoms with Crippen LogP contribution >= 0.6 is 0 Å². The standard InChI is InChI=1S/C15H17NO3/c1-11(17)16-9-5-8-12-6-3-4-7-13(12)10-14(16)15(18)19-2/h3-4,6-7,10H,5,8-9H2,1-2H3/b14-10-. The molecule has 0 aromatic heterocycles. The Kier molecular flexibility index (Phi) is 4.00. The van der Waals surface area contributed by atoms with Crippen LogP contribution < -0.4 is 0 Å². The smallest absolute Gasteiger partial charge is 0.354 e. The van der Waals surface area contributed by atoms with E-state index in [1.54, 1.807) is 6.08 Å². The molecule has 0 N–H and O–H groups in total. The van der Waals surface area contributed by atoms with Crippen LogP contribution in [-0.2, 0) is 20.7 Å². The number of amides is 1. The Balaban J connectivity index is 2.52. The maximum atomic E-state index is 11.9. The van der Waals surface area contributed by atoms with E-state index in [2.05, 4.69) is 0 Å². The molecule has 1 aliphatic heterocycles. The molecule has 0 fully saturated rings. The number of ether oxygens (including phenoxy) is 1. The number of carbonyl (C=O) groups excluding carboxylic acids is 2. The molecule has 0 saturated heterocycles. The minimum atomic E-state index is -0.480. The highest BCUT2D eigenvalue weighted by Gasteiger charge is 2.23. The average Bonchev–Trinajstić information content (AvgIpc) is 2.38. The van der Waals surface area contributed by atoms with Gasteiger partial charge in [-0.2, -0.15) is 0 Å². The summed E-state index contributed by atoms with van der Waals surface area (Å²) in [6.45, 7) is 1.99. The summed E-state index contributed by atoms with van der Waals surface area (Å²) in [5.41, 5.74) is 2.46. The largest absolute Gasteiger partial charge is 0.464 e. The Hall–Kier alpha value is -2.10. The summed E-state index contributed by atoms with van der Waals surface area (Å²) in [6.07, 6.45) is 3.46. The molecule has 1 aliphatic rings. The Bertz CT molecular complexity index is 534. The maximum Gasteiger partial charge on any atom is 0.354 e. The molecular formula is C15H17NO3. The Labute approximate surface area is 112 Å². The fourth-order valence-electron chi connectivity index (χ4n) is 2.28. The van der Waals surface area contributed by atoms with Crippen LogP contribution in [0.2, 0.25) is 0 Å². The van der Waals surface area contributed by atoms with Crippen LogP contribution in [0.1, 0.15) is 24.5 Å². The van der Waals surface area contributed by atoms with Gasteiger partial charge in [0.05, 0.1) is 7.11 Å². The van der Waals surface area contributed by atoms with Crippen molar-refractivity contribution in [2.45, 2.75) is 19.8 Å². The fraction of sp³-hybridized carbons (Fsp3) is 0.333. The van der Waals surface area contributed by atoms with Crippen molar-refractivity contribution < 1.29 is 14.3 Å². The van der Waals surface area contributed by atoms with E-state index >= 15 is 0 Å². The number of hydrogen-bond donors (Lipinski definition) is 0. The maximum absolute atomic E-state index is 11.9. The first-order valence-electron chi connectivity index (χ1n) is 6.29. The fourth-order valence-corrected chi connectivity index (χ4v) is 2.28. The predicted octanol–water partition coefficient (Wildman–Crippen LogP) is 2.00. The molecule has 0 unspecified atom stereocenters. The third kappa shape index (κ3) is 2.84. The van der Waals surface area contributed by atoms with E-state index in [0.717, 1.165) is 18.4 Å². The Morgan fingerprint density at radius 3 is 2.68 bits per heavy atom. The molecule has 0 bridgehead atoms. The molecule has 1 aromatic carbocycles. The molecule has 2 rings (SSSR count). The van der Waals surface area contributed by atoms with Crippen molar-refractivity contribution >= 4 is 18.0 Å². The first-order chi connectivity index (χ1) is 9.13. The predicted molar refractivity (Wildman–Crippen MR) is 72.1 cm³/mol. The summed E-state index contributed by atoms with van der Waals surface area (Å²) in [6, 6.07) is 7.89. The topological polar surface area (TPSA) is 46.6 Å². The van der Waals surface area contributed by atoms with Crippen LogP contribution in [0.25, 0.3) is 6.08 Å². The third-order valence-electron chi connectivity index (χ3n) is 3.24. The highest BCUT2D eigenvalue weighted by atomic mass is 16.5. The molecule has 1 aromatic rings. The first kappa shape index (κ1) is 13.3. The number of carbonyl (C=O) groups is 2. The lowest BCUT2D eigenvalue weighted by molar-refractivity contribution is -0.141. The quantitative estimate of drug-likeness (QED) is 0.725. The number of benzene rings is 1. The van der Waals surface area contributed by atoms with Gasteiger partial charge in [0.25, 0.3) is 0 Å². The number of fused-ring (bicyclic) bond motifs is 1. The lowest BCUT2D eigenvalue weighted by atomic mass is 9.99. The summed E-state index contributed by atoms with van der Waals surface area (Å²) >= 11 is 0. The van der Waals surface area contributed by atoms with Crippen LogP contribution in [0.4, 0.5) is 0 Å². The van der Waals surface area contributed by atoms with Gasteiger partial charge < -0.3 is 9.64 Å². The van der Waals surface area contributed by atoms with Crippen molar-refractivity contribution in [1.82, 2.24) is 4.90 Å². The van der Waals surface area contributed by atoms with Gasteiger partial charge in [0.2, 0.25) is 5.91 Å². The third-order valence-corrected chi connectivity index (χ3v) is 3.24. The highest BCUT2D eigenvalue weighted by molar-refractivity contribution is 5.97. The average molecular weight is 259 g/mol. The molecular weight excluding hydrogens is 242 g/mol. The SMILES string of the molecule is COC(=O)/C1=C/c2ccccc2CCCN1C(C)=O. The van der Waals surface area contributed by atoms with E-state index in [4.69, 9.17) is 4.74 Å². The summed E-state index contributed by atoms with van der Waals surface area (Å²) in [7, 11) is 1.33. The highest BCUT2D eigenvalue weighted by Crippen LogP contribution is 2.21. The molecule has 19 heavy (non-hydrogen) atoms. The zero-order valence-corrected chi connectivity index (χ0v) is 11.2. The Morgan fingerprint density at radius 2 is 2.00 bits per heavy atom. The van der Waals surface area contributed by atoms with Crippen LogP contribution in [0.5, 0.6) is 0 Å². The number of esters is 1. The van der Waals surface area contributed by atoms with Crippen LogP contribution in [0, 0.1) is 0 Å². The molecule has 4 nitrogen and oxygen atoms in total. The van der Waals surface area contributed by atoms with Crippen molar-refractivity contribution in [3.05, 3.63) is 41.1 Å². The Morgan fingerprint density at radius 1 is 1.26 bits per heavy atom.